The van der Waals surface area contributed by atoms with Crippen LogP contribution >= 0.6 is 0 Å². The molecule has 1 fully saturated rings. The Bertz CT molecular complexity index is 419. The Labute approximate surface area is 113 Å². The molecule has 1 amide bonds. The van der Waals surface area contributed by atoms with Crippen LogP contribution in [0.25, 0.3) is 0 Å². The molecule has 0 unspecified atom stereocenters. The average molecular weight is 264 g/mol. The molecule has 0 bridgehead atoms. The van der Waals surface area contributed by atoms with Crippen molar-refractivity contribution in [1.82, 2.24) is 10.6 Å². The molecule has 2 atom stereocenters. The summed E-state index contributed by atoms with van der Waals surface area (Å²) in [6.07, 6.45) is 3.81. The lowest BCUT2D eigenvalue weighted by Crippen LogP contribution is -2.47. The minimum Gasteiger partial charge on any atom is -0.355 e. The summed E-state index contributed by atoms with van der Waals surface area (Å²) in [5.74, 6) is -0.115. The molecule has 0 aromatic heterocycles. The predicted octanol–water partition coefficient (Wildman–Crippen LogP) is 2.02. The van der Waals surface area contributed by atoms with Gasteiger partial charge in [0.2, 0.25) is 5.91 Å². The van der Waals surface area contributed by atoms with Crippen molar-refractivity contribution in [3.05, 3.63) is 35.6 Å². The second-order valence-electron chi connectivity index (χ2n) is 5.24. The Morgan fingerprint density at radius 2 is 2.11 bits per heavy atom. The highest BCUT2D eigenvalue weighted by Crippen LogP contribution is 2.09. The summed E-state index contributed by atoms with van der Waals surface area (Å²) in [5, 5.41) is 6.29. The van der Waals surface area contributed by atoms with Gasteiger partial charge in [-0.25, -0.2) is 4.39 Å². The number of rotatable bonds is 4. The van der Waals surface area contributed by atoms with Gasteiger partial charge in [-0.3, -0.25) is 4.79 Å². The number of benzene rings is 1. The van der Waals surface area contributed by atoms with Gasteiger partial charge < -0.3 is 10.6 Å². The Morgan fingerprint density at radius 1 is 1.37 bits per heavy atom. The number of hydrogen-bond acceptors (Lipinski definition) is 2. The first-order valence-corrected chi connectivity index (χ1v) is 6.93. The zero-order valence-corrected chi connectivity index (χ0v) is 11.3. The molecule has 1 aliphatic rings. The van der Waals surface area contributed by atoms with Crippen LogP contribution in [-0.2, 0) is 11.2 Å². The number of carbonyl (C=O) groups is 1. The van der Waals surface area contributed by atoms with Crippen LogP contribution in [0.2, 0.25) is 0 Å². The number of amides is 1. The molecule has 3 nitrogen and oxygen atoms in total. The standard InChI is InChI=1S/C15H21FN2O/c1-11(10-12-5-7-13(16)8-6-12)18-14-4-2-3-9-17-15(14)19/h5-8,11,14,18H,2-4,9-10H2,1H3,(H,17,19)/t11-,14-/m0/s1. The predicted molar refractivity (Wildman–Crippen MR) is 73.4 cm³/mol. The van der Waals surface area contributed by atoms with Crippen molar-refractivity contribution >= 4 is 5.91 Å². The third-order valence-corrected chi connectivity index (χ3v) is 3.48. The van der Waals surface area contributed by atoms with E-state index in [0.717, 1.165) is 37.8 Å². The summed E-state index contributed by atoms with van der Waals surface area (Å²) >= 11 is 0. The fraction of sp³-hybridized carbons (Fsp3) is 0.533. The van der Waals surface area contributed by atoms with Crippen molar-refractivity contribution in [2.24, 2.45) is 0 Å². The Balaban J connectivity index is 1.87. The normalized spacial score (nSPS) is 21.6. The van der Waals surface area contributed by atoms with Gasteiger partial charge in [-0.05, 0) is 50.3 Å². The first-order chi connectivity index (χ1) is 9.15. The van der Waals surface area contributed by atoms with E-state index in [1.165, 1.54) is 12.1 Å². The third kappa shape index (κ3) is 4.31. The minimum atomic E-state index is -0.215. The highest BCUT2D eigenvalue weighted by molar-refractivity contribution is 5.81. The van der Waals surface area contributed by atoms with Crippen molar-refractivity contribution in [3.8, 4) is 0 Å². The second kappa shape index (κ2) is 6.66. The monoisotopic (exact) mass is 264 g/mol. The molecule has 1 aliphatic heterocycles. The van der Waals surface area contributed by atoms with E-state index in [1.807, 2.05) is 0 Å². The summed E-state index contributed by atoms with van der Waals surface area (Å²) in [7, 11) is 0. The number of carbonyl (C=O) groups excluding carboxylic acids is 1. The summed E-state index contributed by atoms with van der Waals surface area (Å²) in [5.41, 5.74) is 1.08. The Morgan fingerprint density at radius 3 is 2.84 bits per heavy atom. The van der Waals surface area contributed by atoms with E-state index in [2.05, 4.69) is 17.6 Å². The highest BCUT2D eigenvalue weighted by Gasteiger charge is 2.21. The van der Waals surface area contributed by atoms with E-state index in [0.29, 0.717) is 0 Å². The van der Waals surface area contributed by atoms with E-state index < -0.39 is 0 Å². The molecule has 1 aromatic carbocycles. The molecule has 19 heavy (non-hydrogen) atoms. The van der Waals surface area contributed by atoms with Crippen LogP contribution in [0, 0.1) is 5.82 Å². The lowest BCUT2D eigenvalue weighted by atomic mass is 10.0. The van der Waals surface area contributed by atoms with E-state index >= 15 is 0 Å². The zero-order valence-electron chi connectivity index (χ0n) is 11.3. The van der Waals surface area contributed by atoms with Crippen LogP contribution in [0.1, 0.15) is 31.7 Å². The van der Waals surface area contributed by atoms with Crippen molar-refractivity contribution < 1.29 is 9.18 Å². The molecule has 2 N–H and O–H groups in total. The molecule has 104 valence electrons. The largest absolute Gasteiger partial charge is 0.355 e. The summed E-state index contributed by atoms with van der Waals surface area (Å²) in [6.45, 7) is 2.84. The minimum absolute atomic E-state index is 0.0991. The van der Waals surface area contributed by atoms with Crippen LogP contribution in [0.3, 0.4) is 0 Å². The van der Waals surface area contributed by atoms with Gasteiger partial charge in [-0.2, -0.15) is 0 Å². The van der Waals surface area contributed by atoms with Crippen LogP contribution in [0.15, 0.2) is 24.3 Å². The van der Waals surface area contributed by atoms with E-state index in [4.69, 9.17) is 0 Å². The van der Waals surface area contributed by atoms with Crippen LogP contribution in [0.5, 0.6) is 0 Å². The number of halogens is 1. The molecule has 0 radical (unpaired) electrons. The number of nitrogens with one attached hydrogen (secondary N) is 2. The first-order valence-electron chi connectivity index (χ1n) is 6.93. The molecular weight excluding hydrogens is 243 g/mol. The van der Waals surface area contributed by atoms with Gasteiger partial charge in [-0.1, -0.05) is 12.1 Å². The van der Waals surface area contributed by atoms with Gasteiger partial charge >= 0.3 is 0 Å². The van der Waals surface area contributed by atoms with Gasteiger partial charge in [0.1, 0.15) is 5.82 Å². The third-order valence-electron chi connectivity index (χ3n) is 3.48. The van der Waals surface area contributed by atoms with E-state index in [9.17, 15) is 9.18 Å². The smallest absolute Gasteiger partial charge is 0.237 e. The van der Waals surface area contributed by atoms with Gasteiger partial charge in [-0.15, -0.1) is 0 Å². The molecule has 2 rings (SSSR count). The van der Waals surface area contributed by atoms with Crippen molar-refractivity contribution in [3.63, 3.8) is 0 Å². The van der Waals surface area contributed by atoms with Crippen molar-refractivity contribution in [1.29, 1.82) is 0 Å². The van der Waals surface area contributed by atoms with Crippen LogP contribution < -0.4 is 10.6 Å². The first kappa shape index (κ1) is 14.0. The van der Waals surface area contributed by atoms with Gasteiger partial charge in [0, 0.05) is 12.6 Å². The summed E-state index contributed by atoms with van der Waals surface area (Å²) in [4.78, 5) is 11.8. The maximum absolute atomic E-state index is 12.8. The van der Waals surface area contributed by atoms with Gasteiger partial charge in [0.25, 0.3) is 0 Å². The molecule has 4 heteroatoms. The van der Waals surface area contributed by atoms with Gasteiger partial charge in [0.05, 0.1) is 6.04 Å². The number of hydrogen-bond donors (Lipinski definition) is 2. The Kier molecular flexibility index (Phi) is 4.91. The molecule has 0 spiro atoms. The molecule has 1 aromatic rings. The topological polar surface area (TPSA) is 41.1 Å². The Hall–Kier alpha value is -1.42. The lowest BCUT2D eigenvalue weighted by molar-refractivity contribution is -0.123. The fourth-order valence-electron chi connectivity index (χ4n) is 2.47. The SMILES string of the molecule is C[C@@H](Cc1ccc(F)cc1)N[C@H]1CCCCNC1=O. The molecular formula is C15H21FN2O. The second-order valence-corrected chi connectivity index (χ2v) is 5.24. The zero-order chi connectivity index (χ0) is 13.7. The lowest BCUT2D eigenvalue weighted by Gasteiger charge is -2.21. The molecule has 1 heterocycles. The summed E-state index contributed by atoms with van der Waals surface area (Å²) in [6, 6.07) is 6.62. The highest BCUT2D eigenvalue weighted by atomic mass is 19.1. The van der Waals surface area contributed by atoms with E-state index in [1.54, 1.807) is 12.1 Å². The molecule has 1 saturated heterocycles. The van der Waals surface area contributed by atoms with Crippen molar-refractivity contribution in [2.45, 2.75) is 44.7 Å². The summed E-state index contributed by atoms with van der Waals surface area (Å²) < 4.78 is 12.8. The quantitative estimate of drug-likeness (QED) is 0.873. The maximum Gasteiger partial charge on any atom is 0.237 e. The van der Waals surface area contributed by atoms with Gasteiger partial charge in [0.15, 0.2) is 0 Å². The van der Waals surface area contributed by atoms with E-state index in [-0.39, 0.29) is 23.8 Å². The average Bonchev–Trinajstić information content (AvgIpc) is 2.58. The fourth-order valence-corrected chi connectivity index (χ4v) is 2.47. The molecule has 0 saturated carbocycles. The van der Waals surface area contributed by atoms with Crippen LogP contribution in [0.4, 0.5) is 4.39 Å². The maximum atomic E-state index is 12.8. The van der Waals surface area contributed by atoms with Crippen LogP contribution in [-0.4, -0.2) is 24.5 Å². The van der Waals surface area contributed by atoms with Crippen molar-refractivity contribution in [2.75, 3.05) is 6.54 Å². The molecule has 0 aliphatic carbocycles.